The molecule has 0 aliphatic rings. The Balaban J connectivity index is 1.76. The Labute approximate surface area is 113 Å². The number of carbonyl (C=O) groups excluding carboxylic acids is 1. The summed E-state index contributed by atoms with van der Waals surface area (Å²) in [5.41, 5.74) is 1.77. The van der Waals surface area contributed by atoms with Crippen LogP contribution in [0.3, 0.4) is 0 Å². The highest BCUT2D eigenvalue weighted by Crippen LogP contribution is 2.15. The quantitative estimate of drug-likeness (QED) is 0.793. The molecule has 3 heterocycles. The number of nitrogens with one attached hydrogen (secondary N) is 1. The third kappa shape index (κ3) is 2.22. The van der Waals surface area contributed by atoms with Crippen LogP contribution in [0.5, 0.6) is 0 Å². The molecular weight excluding hydrogens is 260 g/mol. The Kier molecular flexibility index (Phi) is 3.00. The molecule has 1 amide bonds. The van der Waals surface area contributed by atoms with Crippen LogP contribution in [0.4, 0.5) is 0 Å². The molecule has 19 heavy (non-hydrogen) atoms. The van der Waals surface area contributed by atoms with Gasteiger partial charge in [-0.15, -0.1) is 21.5 Å². The maximum Gasteiger partial charge on any atom is 0.261 e. The van der Waals surface area contributed by atoms with Crippen molar-refractivity contribution in [3.63, 3.8) is 0 Å². The molecule has 0 bridgehead atoms. The summed E-state index contributed by atoms with van der Waals surface area (Å²) < 4.78 is 1.86. The standard InChI is InChI=1S/C13H12N4OS/c1-9-5-7-19-12(9)13(18)14-8-11-16-15-10-4-2-3-6-17(10)11/h2-7H,8H2,1H3,(H,14,18). The van der Waals surface area contributed by atoms with Crippen molar-refractivity contribution in [1.82, 2.24) is 19.9 Å². The first kappa shape index (κ1) is 11.9. The largest absolute Gasteiger partial charge is 0.344 e. The van der Waals surface area contributed by atoms with E-state index >= 15 is 0 Å². The van der Waals surface area contributed by atoms with Crippen molar-refractivity contribution in [2.24, 2.45) is 0 Å². The summed E-state index contributed by atoms with van der Waals surface area (Å²) in [5, 5.41) is 12.9. The van der Waals surface area contributed by atoms with E-state index < -0.39 is 0 Å². The number of aromatic nitrogens is 3. The van der Waals surface area contributed by atoms with Crippen molar-refractivity contribution in [3.8, 4) is 0 Å². The summed E-state index contributed by atoms with van der Waals surface area (Å²) in [5.74, 6) is 0.651. The van der Waals surface area contributed by atoms with E-state index in [-0.39, 0.29) is 5.91 Å². The highest BCUT2D eigenvalue weighted by atomic mass is 32.1. The van der Waals surface area contributed by atoms with E-state index in [9.17, 15) is 4.79 Å². The average molecular weight is 272 g/mol. The number of rotatable bonds is 3. The second kappa shape index (κ2) is 4.81. The monoisotopic (exact) mass is 272 g/mol. The molecule has 0 aliphatic carbocycles. The lowest BCUT2D eigenvalue weighted by molar-refractivity contribution is 0.0953. The van der Waals surface area contributed by atoms with Crippen LogP contribution in [0.25, 0.3) is 5.65 Å². The van der Waals surface area contributed by atoms with E-state index in [2.05, 4.69) is 15.5 Å². The molecule has 0 aliphatic heterocycles. The average Bonchev–Trinajstić information content (AvgIpc) is 3.02. The van der Waals surface area contributed by atoms with Gasteiger partial charge in [0.25, 0.3) is 5.91 Å². The molecule has 1 N–H and O–H groups in total. The van der Waals surface area contributed by atoms with Gasteiger partial charge in [-0.3, -0.25) is 9.20 Å². The van der Waals surface area contributed by atoms with Crippen LogP contribution in [-0.2, 0) is 6.54 Å². The number of aryl methyl sites for hydroxylation is 1. The molecule has 96 valence electrons. The summed E-state index contributed by atoms with van der Waals surface area (Å²) in [6.07, 6.45) is 1.88. The highest BCUT2D eigenvalue weighted by molar-refractivity contribution is 7.12. The lowest BCUT2D eigenvalue weighted by Crippen LogP contribution is -2.23. The van der Waals surface area contributed by atoms with Crippen molar-refractivity contribution in [1.29, 1.82) is 0 Å². The third-order valence-corrected chi connectivity index (χ3v) is 3.87. The van der Waals surface area contributed by atoms with Gasteiger partial charge in [0.05, 0.1) is 11.4 Å². The summed E-state index contributed by atoms with van der Waals surface area (Å²) in [6.45, 7) is 2.29. The van der Waals surface area contributed by atoms with Gasteiger partial charge < -0.3 is 5.32 Å². The maximum atomic E-state index is 12.0. The first-order valence-electron chi connectivity index (χ1n) is 5.86. The molecule has 0 spiro atoms. The molecule has 0 saturated carbocycles. The Morgan fingerprint density at radius 3 is 3.05 bits per heavy atom. The molecule has 0 atom stereocenters. The van der Waals surface area contributed by atoms with Gasteiger partial charge in [-0.05, 0) is 36.1 Å². The molecule has 0 fully saturated rings. The predicted molar refractivity (Wildman–Crippen MR) is 73.2 cm³/mol. The van der Waals surface area contributed by atoms with Crippen LogP contribution < -0.4 is 5.32 Å². The topological polar surface area (TPSA) is 59.3 Å². The zero-order valence-corrected chi connectivity index (χ0v) is 11.1. The second-order valence-corrected chi connectivity index (χ2v) is 5.08. The molecule has 0 unspecified atom stereocenters. The Bertz CT molecular complexity index is 731. The molecule has 3 aromatic heterocycles. The number of pyridine rings is 1. The molecule has 6 heteroatoms. The molecule has 0 saturated heterocycles. The zero-order chi connectivity index (χ0) is 13.2. The molecule has 3 rings (SSSR count). The summed E-state index contributed by atoms with van der Waals surface area (Å²) in [6, 6.07) is 7.63. The number of amides is 1. The van der Waals surface area contributed by atoms with Crippen LogP contribution in [0.2, 0.25) is 0 Å². The zero-order valence-electron chi connectivity index (χ0n) is 10.3. The number of thiophene rings is 1. The smallest absolute Gasteiger partial charge is 0.261 e. The second-order valence-electron chi connectivity index (χ2n) is 4.16. The molecule has 3 aromatic rings. The predicted octanol–water partition coefficient (Wildman–Crippen LogP) is 2.03. The van der Waals surface area contributed by atoms with Crippen LogP contribution in [0.15, 0.2) is 35.8 Å². The van der Waals surface area contributed by atoms with Crippen LogP contribution in [0.1, 0.15) is 21.1 Å². The Morgan fingerprint density at radius 2 is 2.26 bits per heavy atom. The molecule has 0 aromatic carbocycles. The van der Waals surface area contributed by atoms with Crippen molar-refractivity contribution >= 4 is 22.9 Å². The van der Waals surface area contributed by atoms with E-state index in [1.165, 1.54) is 11.3 Å². The molecular formula is C13H12N4OS. The fourth-order valence-electron chi connectivity index (χ4n) is 1.86. The summed E-state index contributed by atoms with van der Waals surface area (Å²) >= 11 is 1.44. The number of carbonyl (C=O) groups is 1. The third-order valence-electron chi connectivity index (χ3n) is 2.86. The maximum absolute atomic E-state index is 12.0. The van der Waals surface area contributed by atoms with Crippen molar-refractivity contribution in [2.45, 2.75) is 13.5 Å². The lowest BCUT2D eigenvalue weighted by atomic mass is 10.3. The van der Waals surface area contributed by atoms with Crippen LogP contribution in [0, 0.1) is 6.92 Å². The SMILES string of the molecule is Cc1ccsc1C(=O)NCc1nnc2ccccn12. The first-order chi connectivity index (χ1) is 9.25. The van der Waals surface area contributed by atoms with E-state index in [0.717, 1.165) is 21.9 Å². The Morgan fingerprint density at radius 1 is 1.37 bits per heavy atom. The van der Waals surface area contributed by atoms with Gasteiger partial charge in [-0.25, -0.2) is 0 Å². The van der Waals surface area contributed by atoms with Crippen LogP contribution >= 0.6 is 11.3 Å². The normalized spacial score (nSPS) is 10.8. The summed E-state index contributed by atoms with van der Waals surface area (Å²) in [7, 11) is 0. The number of fused-ring (bicyclic) bond motifs is 1. The van der Waals surface area contributed by atoms with Crippen molar-refractivity contribution in [3.05, 3.63) is 52.1 Å². The molecule has 5 nitrogen and oxygen atoms in total. The lowest BCUT2D eigenvalue weighted by Gasteiger charge is -2.03. The van der Waals surface area contributed by atoms with E-state index in [1.54, 1.807) is 0 Å². The van der Waals surface area contributed by atoms with Gasteiger partial charge in [0.15, 0.2) is 11.5 Å². The Hall–Kier alpha value is -2.21. The van der Waals surface area contributed by atoms with Gasteiger partial charge in [0.2, 0.25) is 0 Å². The van der Waals surface area contributed by atoms with Crippen LogP contribution in [-0.4, -0.2) is 20.5 Å². The van der Waals surface area contributed by atoms with Gasteiger partial charge >= 0.3 is 0 Å². The number of hydrogen-bond donors (Lipinski definition) is 1. The first-order valence-corrected chi connectivity index (χ1v) is 6.74. The van der Waals surface area contributed by atoms with Gasteiger partial charge in [0.1, 0.15) is 0 Å². The fourth-order valence-corrected chi connectivity index (χ4v) is 2.70. The van der Waals surface area contributed by atoms with E-state index in [1.807, 2.05) is 47.2 Å². The van der Waals surface area contributed by atoms with E-state index in [4.69, 9.17) is 0 Å². The minimum absolute atomic E-state index is 0.0693. The van der Waals surface area contributed by atoms with Crippen molar-refractivity contribution < 1.29 is 4.79 Å². The minimum Gasteiger partial charge on any atom is -0.344 e. The number of hydrogen-bond acceptors (Lipinski definition) is 4. The van der Waals surface area contributed by atoms with Gasteiger partial charge in [-0.2, -0.15) is 0 Å². The minimum atomic E-state index is -0.0693. The van der Waals surface area contributed by atoms with E-state index in [0.29, 0.717) is 6.54 Å². The molecule has 0 radical (unpaired) electrons. The fraction of sp³-hybridized carbons (Fsp3) is 0.154. The number of nitrogens with zero attached hydrogens (tertiary/aromatic N) is 3. The van der Waals surface area contributed by atoms with Crippen molar-refractivity contribution in [2.75, 3.05) is 0 Å². The van der Waals surface area contributed by atoms with Gasteiger partial charge in [0, 0.05) is 6.20 Å². The highest BCUT2D eigenvalue weighted by Gasteiger charge is 2.11. The van der Waals surface area contributed by atoms with Gasteiger partial charge in [-0.1, -0.05) is 6.07 Å². The summed E-state index contributed by atoms with van der Waals surface area (Å²) in [4.78, 5) is 12.7.